The van der Waals surface area contributed by atoms with Crippen molar-refractivity contribution in [2.24, 2.45) is 0 Å². The van der Waals surface area contributed by atoms with Crippen molar-refractivity contribution in [3.63, 3.8) is 0 Å². The van der Waals surface area contributed by atoms with E-state index in [-0.39, 0.29) is 25.2 Å². The quantitative estimate of drug-likeness (QED) is 0.0494. The molecule has 0 aliphatic carbocycles. The highest BCUT2D eigenvalue weighted by molar-refractivity contribution is 5.70. The zero-order valence-electron chi connectivity index (χ0n) is 27.5. The van der Waals surface area contributed by atoms with Crippen molar-refractivity contribution >= 4 is 11.9 Å². The highest BCUT2D eigenvalue weighted by Gasteiger charge is 2.16. The molecular formula is C37H66O5. The minimum atomic E-state index is -0.786. The van der Waals surface area contributed by atoms with Crippen molar-refractivity contribution in [1.82, 2.24) is 0 Å². The Hall–Kier alpha value is -1.88. The van der Waals surface area contributed by atoms with Gasteiger partial charge in [-0.05, 0) is 44.9 Å². The maximum Gasteiger partial charge on any atom is 0.306 e. The highest BCUT2D eigenvalue weighted by atomic mass is 16.6. The number of allylic oxidation sites excluding steroid dienone is 6. The van der Waals surface area contributed by atoms with Crippen LogP contribution in [-0.2, 0) is 19.1 Å². The lowest BCUT2D eigenvalue weighted by Crippen LogP contribution is -2.28. The molecule has 0 unspecified atom stereocenters. The Morgan fingerprint density at radius 1 is 0.548 bits per heavy atom. The van der Waals surface area contributed by atoms with E-state index in [1.54, 1.807) is 0 Å². The molecule has 0 saturated heterocycles. The number of aliphatic hydroxyl groups is 1. The average molecular weight is 591 g/mol. The SMILES string of the molecule is CCCCCCCCC=CCC=CCC=CCCCC(=O)OC[C@H](CO)OC(=O)CCCCCCCCCCCCC. The molecule has 0 rings (SSSR count). The fourth-order valence-electron chi connectivity index (χ4n) is 4.74. The molecule has 1 atom stereocenters. The molecule has 0 radical (unpaired) electrons. The molecule has 0 aromatic carbocycles. The monoisotopic (exact) mass is 590 g/mol. The third kappa shape index (κ3) is 31.1. The molecule has 0 amide bonds. The number of esters is 2. The molecule has 0 aliphatic rings. The van der Waals surface area contributed by atoms with Crippen LogP contribution in [0.4, 0.5) is 0 Å². The Morgan fingerprint density at radius 2 is 0.976 bits per heavy atom. The van der Waals surface area contributed by atoms with Crippen molar-refractivity contribution < 1.29 is 24.2 Å². The summed E-state index contributed by atoms with van der Waals surface area (Å²) in [7, 11) is 0. The van der Waals surface area contributed by atoms with Gasteiger partial charge in [0.05, 0.1) is 6.61 Å². The third-order valence-electron chi connectivity index (χ3n) is 7.44. The average Bonchev–Trinajstić information content (AvgIpc) is 2.99. The summed E-state index contributed by atoms with van der Waals surface area (Å²) in [6.07, 6.45) is 39.2. The highest BCUT2D eigenvalue weighted by Crippen LogP contribution is 2.13. The Bertz CT molecular complexity index is 682. The van der Waals surface area contributed by atoms with Crippen LogP contribution in [0.15, 0.2) is 36.5 Å². The van der Waals surface area contributed by atoms with Gasteiger partial charge in [0.15, 0.2) is 6.10 Å². The predicted octanol–water partition coefficient (Wildman–Crippen LogP) is 10.5. The van der Waals surface area contributed by atoms with Crippen LogP contribution < -0.4 is 0 Å². The molecule has 0 heterocycles. The van der Waals surface area contributed by atoms with Crippen LogP contribution in [0.2, 0.25) is 0 Å². The molecule has 42 heavy (non-hydrogen) atoms. The number of carbonyl (C=O) groups excluding carboxylic acids is 2. The number of unbranched alkanes of at least 4 members (excludes halogenated alkanes) is 17. The summed E-state index contributed by atoms with van der Waals surface area (Å²) in [5.74, 6) is -0.652. The normalized spacial score (nSPS) is 12.5. The first-order valence-electron chi connectivity index (χ1n) is 17.5. The molecule has 244 valence electrons. The predicted molar refractivity (Wildman–Crippen MR) is 178 cm³/mol. The second-order valence-corrected chi connectivity index (χ2v) is 11.6. The number of rotatable bonds is 31. The molecule has 5 heteroatoms. The van der Waals surface area contributed by atoms with E-state index in [2.05, 4.69) is 50.3 Å². The minimum Gasteiger partial charge on any atom is -0.462 e. The van der Waals surface area contributed by atoms with Gasteiger partial charge in [-0.2, -0.15) is 0 Å². The number of ether oxygens (including phenoxy) is 2. The standard InChI is InChI=1S/C37H66O5/c1-3-5-7-9-11-13-15-16-17-18-19-20-22-23-25-27-29-31-36(39)41-34-35(33-38)42-37(40)32-30-28-26-24-21-14-12-10-8-6-4-2/h16-17,19-20,23,25,35,38H,3-15,18,21-22,24,26-34H2,1-2H3/t35-/m0/s1. The van der Waals surface area contributed by atoms with Gasteiger partial charge >= 0.3 is 11.9 Å². The van der Waals surface area contributed by atoms with Gasteiger partial charge in [-0.15, -0.1) is 0 Å². The first kappa shape index (κ1) is 40.1. The second kappa shape index (κ2) is 33.6. The molecule has 0 aliphatic heterocycles. The second-order valence-electron chi connectivity index (χ2n) is 11.6. The van der Waals surface area contributed by atoms with Crippen molar-refractivity contribution in [3.8, 4) is 0 Å². The fourth-order valence-corrected chi connectivity index (χ4v) is 4.74. The molecular weight excluding hydrogens is 524 g/mol. The van der Waals surface area contributed by atoms with Gasteiger partial charge in [0, 0.05) is 12.8 Å². The molecule has 5 nitrogen and oxygen atoms in total. The van der Waals surface area contributed by atoms with E-state index in [0.29, 0.717) is 19.3 Å². The lowest BCUT2D eigenvalue weighted by atomic mass is 10.1. The van der Waals surface area contributed by atoms with Crippen LogP contribution in [0, 0.1) is 0 Å². The summed E-state index contributed by atoms with van der Waals surface area (Å²) >= 11 is 0. The van der Waals surface area contributed by atoms with Crippen LogP contribution in [-0.4, -0.2) is 36.4 Å². The minimum absolute atomic E-state index is 0.0899. The number of hydrogen-bond acceptors (Lipinski definition) is 5. The van der Waals surface area contributed by atoms with Gasteiger partial charge in [-0.1, -0.05) is 147 Å². The van der Waals surface area contributed by atoms with Crippen molar-refractivity contribution in [3.05, 3.63) is 36.5 Å². The lowest BCUT2D eigenvalue weighted by Gasteiger charge is -2.15. The first-order valence-corrected chi connectivity index (χ1v) is 17.5. The molecule has 0 saturated carbocycles. The van der Waals surface area contributed by atoms with E-state index >= 15 is 0 Å². The summed E-state index contributed by atoms with van der Waals surface area (Å²) in [6.45, 7) is 4.06. The maximum atomic E-state index is 12.1. The summed E-state index contributed by atoms with van der Waals surface area (Å²) in [5, 5.41) is 9.49. The third-order valence-corrected chi connectivity index (χ3v) is 7.44. The first-order chi connectivity index (χ1) is 20.6. The van der Waals surface area contributed by atoms with Crippen molar-refractivity contribution in [2.45, 2.75) is 174 Å². The van der Waals surface area contributed by atoms with Crippen LogP contribution in [0.1, 0.15) is 168 Å². The summed E-state index contributed by atoms with van der Waals surface area (Å²) in [4.78, 5) is 24.1. The Kier molecular flexibility index (Phi) is 32.1. The molecule has 1 N–H and O–H groups in total. The largest absolute Gasteiger partial charge is 0.462 e. The zero-order chi connectivity index (χ0) is 30.8. The fraction of sp³-hybridized carbons (Fsp3) is 0.784. The maximum absolute atomic E-state index is 12.1. The molecule has 0 fully saturated rings. The van der Waals surface area contributed by atoms with Gasteiger partial charge in [0.25, 0.3) is 0 Å². The van der Waals surface area contributed by atoms with Gasteiger partial charge in [-0.25, -0.2) is 0 Å². The number of carbonyl (C=O) groups is 2. The van der Waals surface area contributed by atoms with Crippen LogP contribution in [0.5, 0.6) is 0 Å². The summed E-state index contributed by atoms with van der Waals surface area (Å²) in [5.41, 5.74) is 0. The van der Waals surface area contributed by atoms with Gasteiger partial charge in [-0.3, -0.25) is 9.59 Å². The van der Waals surface area contributed by atoms with Gasteiger partial charge in [0.1, 0.15) is 6.61 Å². The van der Waals surface area contributed by atoms with E-state index in [4.69, 9.17) is 9.47 Å². The molecule has 0 aromatic rings. The van der Waals surface area contributed by atoms with Crippen molar-refractivity contribution in [2.75, 3.05) is 13.2 Å². The van der Waals surface area contributed by atoms with Crippen molar-refractivity contribution in [1.29, 1.82) is 0 Å². The Balaban J connectivity index is 3.67. The van der Waals surface area contributed by atoms with Gasteiger partial charge in [0.2, 0.25) is 0 Å². The smallest absolute Gasteiger partial charge is 0.306 e. The molecule has 0 bridgehead atoms. The topological polar surface area (TPSA) is 72.8 Å². The summed E-state index contributed by atoms with van der Waals surface area (Å²) in [6, 6.07) is 0. The molecule has 0 aromatic heterocycles. The van der Waals surface area contributed by atoms with E-state index in [9.17, 15) is 14.7 Å². The number of aliphatic hydroxyl groups excluding tert-OH is 1. The van der Waals surface area contributed by atoms with Crippen LogP contribution >= 0.6 is 0 Å². The van der Waals surface area contributed by atoms with E-state index in [1.165, 1.54) is 96.3 Å². The van der Waals surface area contributed by atoms with E-state index in [0.717, 1.165) is 38.5 Å². The summed E-state index contributed by atoms with van der Waals surface area (Å²) < 4.78 is 10.5. The number of hydrogen-bond donors (Lipinski definition) is 1. The Labute approximate surface area is 259 Å². The van der Waals surface area contributed by atoms with Crippen LogP contribution in [0.3, 0.4) is 0 Å². The van der Waals surface area contributed by atoms with E-state index in [1.807, 2.05) is 0 Å². The van der Waals surface area contributed by atoms with Gasteiger partial charge < -0.3 is 14.6 Å². The van der Waals surface area contributed by atoms with Crippen LogP contribution in [0.25, 0.3) is 0 Å². The zero-order valence-corrected chi connectivity index (χ0v) is 27.5. The Morgan fingerprint density at radius 3 is 1.50 bits per heavy atom. The molecule has 0 spiro atoms. The van der Waals surface area contributed by atoms with E-state index < -0.39 is 6.10 Å². The lowest BCUT2D eigenvalue weighted by molar-refractivity contribution is -0.161.